The van der Waals surface area contributed by atoms with Gasteiger partial charge in [0.15, 0.2) is 0 Å². The van der Waals surface area contributed by atoms with Crippen molar-refractivity contribution >= 4 is 66.9 Å². The van der Waals surface area contributed by atoms with Crippen LogP contribution in [0.2, 0.25) is 0 Å². The van der Waals surface area contributed by atoms with Crippen LogP contribution in [0.15, 0.2) is 192 Å². The molecule has 55 heavy (non-hydrogen) atoms. The van der Waals surface area contributed by atoms with Crippen molar-refractivity contribution in [1.82, 2.24) is 4.57 Å². The monoisotopic (exact) mass is 704 g/mol. The van der Waals surface area contributed by atoms with E-state index < -0.39 is 0 Å². The molecule has 2 heterocycles. The highest BCUT2D eigenvalue weighted by atomic mass is 16.3. The third-order valence-corrected chi connectivity index (χ3v) is 11.2. The molecule has 0 aliphatic heterocycles. The van der Waals surface area contributed by atoms with Gasteiger partial charge in [0.1, 0.15) is 11.2 Å². The Morgan fingerprint density at radius 1 is 0.491 bits per heavy atom. The number of benzene rings is 8. The van der Waals surface area contributed by atoms with Gasteiger partial charge >= 0.3 is 0 Å². The predicted octanol–water partition coefficient (Wildman–Crippen LogP) is 14.4. The molecule has 8 aromatic carbocycles. The normalized spacial score (nSPS) is 12.5. The third kappa shape index (κ3) is 5.20. The van der Waals surface area contributed by atoms with E-state index in [0.717, 1.165) is 63.0 Å². The number of rotatable bonds is 6. The van der Waals surface area contributed by atoms with Crippen molar-refractivity contribution in [3.63, 3.8) is 0 Å². The fourth-order valence-electron chi connectivity index (χ4n) is 8.68. The summed E-state index contributed by atoms with van der Waals surface area (Å²) >= 11 is 0. The topological polar surface area (TPSA) is 21.3 Å². The summed E-state index contributed by atoms with van der Waals surface area (Å²) in [4.78, 5) is 2.40. The van der Waals surface area contributed by atoms with Crippen LogP contribution < -0.4 is 4.90 Å². The number of allylic oxidation sites excluding steroid dienone is 1. The summed E-state index contributed by atoms with van der Waals surface area (Å²) in [5.74, 6) is 0. The molecule has 0 unspecified atom stereocenters. The van der Waals surface area contributed by atoms with Crippen molar-refractivity contribution in [2.45, 2.75) is 12.8 Å². The zero-order valence-electron chi connectivity index (χ0n) is 30.2. The second-order valence-corrected chi connectivity index (χ2v) is 14.4. The van der Waals surface area contributed by atoms with Crippen LogP contribution >= 0.6 is 0 Å². The summed E-state index contributed by atoms with van der Waals surface area (Å²) in [5, 5.41) is 4.69. The first kappa shape index (κ1) is 31.4. The lowest BCUT2D eigenvalue weighted by Gasteiger charge is -2.29. The van der Waals surface area contributed by atoms with Crippen LogP contribution in [-0.4, -0.2) is 4.57 Å². The standard InChI is InChI=1S/C52H36N2O/c1-3-14-35(15-4-1)38-28-31-50-46(32-38)43-21-9-11-23-49(43)54(50)41-33-45(52-47(34-41)44-22-10-12-25-51(44)55-52)37-26-29-40(30-27-37)53(39-18-5-2-6-19-39)48-24-13-17-36-16-7-8-20-42(36)48/h1-7,9-19,21-34H,8,20H2. The summed E-state index contributed by atoms with van der Waals surface area (Å²) < 4.78 is 9.12. The van der Waals surface area contributed by atoms with E-state index >= 15 is 0 Å². The van der Waals surface area contributed by atoms with E-state index in [9.17, 15) is 0 Å². The molecule has 3 heteroatoms. The van der Waals surface area contributed by atoms with Gasteiger partial charge in [0, 0.05) is 49.9 Å². The summed E-state index contributed by atoms with van der Waals surface area (Å²) in [5.41, 5.74) is 16.0. The molecule has 1 aliphatic rings. The lowest BCUT2D eigenvalue weighted by Crippen LogP contribution is -2.13. The average Bonchev–Trinajstić information content (AvgIpc) is 3.80. The van der Waals surface area contributed by atoms with Crippen LogP contribution in [0.3, 0.4) is 0 Å². The minimum absolute atomic E-state index is 0.889. The predicted molar refractivity (Wildman–Crippen MR) is 231 cm³/mol. The molecule has 0 N–H and O–H groups in total. The van der Waals surface area contributed by atoms with Crippen LogP contribution in [0.25, 0.3) is 77.8 Å². The zero-order valence-corrected chi connectivity index (χ0v) is 30.2. The van der Waals surface area contributed by atoms with Gasteiger partial charge < -0.3 is 13.9 Å². The second-order valence-electron chi connectivity index (χ2n) is 14.4. The maximum Gasteiger partial charge on any atom is 0.143 e. The second kappa shape index (κ2) is 12.8. The van der Waals surface area contributed by atoms with Crippen LogP contribution in [0.4, 0.5) is 17.1 Å². The molecular weight excluding hydrogens is 669 g/mol. The van der Waals surface area contributed by atoms with Gasteiger partial charge in [-0.3, -0.25) is 0 Å². The first-order valence-corrected chi connectivity index (χ1v) is 19.1. The smallest absolute Gasteiger partial charge is 0.143 e. The van der Waals surface area contributed by atoms with Crippen molar-refractivity contribution in [2.75, 3.05) is 4.90 Å². The Kier molecular flexibility index (Phi) is 7.31. The van der Waals surface area contributed by atoms with Crippen molar-refractivity contribution in [3.05, 3.63) is 199 Å². The molecule has 10 aromatic rings. The van der Waals surface area contributed by atoms with Crippen molar-refractivity contribution < 1.29 is 4.42 Å². The van der Waals surface area contributed by atoms with E-state index in [-0.39, 0.29) is 0 Å². The molecule has 0 fully saturated rings. The molecular formula is C52H36N2O. The Labute approximate surface area is 319 Å². The molecule has 260 valence electrons. The molecule has 2 aromatic heterocycles. The van der Waals surface area contributed by atoms with E-state index in [1.54, 1.807) is 0 Å². The van der Waals surface area contributed by atoms with E-state index in [2.05, 4.69) is 198 Å². The quantitative estimate of drug-likeness (QED) is 0.172. The van der Waals surface area contributed by atoms with Gasteiger partial charge in [-0.1, -0.05) is 127 Å². The molecule has 1 aliphatic carbocycles. The fraction of sp³-hybridized carbons (Fsp3) is 0.0385. The van der Waals surface area contributed by atoms with E-state index in [1.807, 2.05) is 6.07 Å². The Hall–Kier alpha value is -7.10. The third-order valence-electron chi connectivity index (χ3n) is 11.2. The molecule has 0 spiro atoms. The molecule has 0 radical (unpaired) electrons. The molecule has 0 saturated carbocycles. The molecule has 3 nitrogen and oxygen atoms in total. The number of nitrogens with zero attached hydrogens (tertiary/aromatic N) is 2. The van der Waals surface area contributed by atoms with E-state index in [1.165, 1.54) is 49.7 Å². The maximum absolute atomic E-state index is 6.70. The molecule has 0 saturated heterocycles. The van der Waals surface area contributed by atoms with Crippen LogP contribution in [-0.2, 0) is 6.42 Å². The number of hydrogen-bond donors (Lipinski definition) is 0. The minimum Gasteiger partial charge on any atom is -0.455 e. The largest absolute Gasteiger partial charge is 0.455 e. The number of furan rings is 1. The first-order valence-electron chi connectivity index (χ1n) is 19.1. The Bertz CT molecular complexity index is 3080. The summed E-state index contributed by atoms with van der Waals surface area (Å²) in [6.45, 7) is 0. The molecule has 0 bridgehead atoms. The molecule has 11 rings (SSSR count). The summed E-state index contributed by atoms with van der Waals surface area (Å²) in [6.07, 6.45) is 6.62. The number of fused-ring (bicyclic) bond motifs is 7. The minimum atomic E-state index is 0.889. The highest BCUT2D eigenvalue weighted by Crippen LogP contribution is 2.43. The van der Waals surface area contributed by atoms with Gasteiger partial charge in [0.25, 0.3) is 0 Å². The molecule has 0 atom stereocenters. The highest BCUT2D eigenvalue weighted by Gasteiger charge is 2.21. The highest BCUT2D eigenvalue weighted by molar-refractivity contribution is 6.13. The van der Waals surface area contributed by atoms with Gasteiger partial charge in [-0.15, -0.1) is 0 Å². The molecule has 0 amide bonds. The SMILES string of the molecule is C1=Cc2cccc(N(c3ccccc3)c3ccc(-c4cc(-n5c6ccccc6c6cc(-c7ccccc7)ccc65)cc5c4oc4ccccc45)cc3)c2CC1. The van der Waals surface area contributed by atoms with E-state index in [4.69, 9.17) is 4.42 Å². The lowest BCUT2D eigenvalue weighted by atomic mass is 9.94. The van der Waals surface area contributed by atoms with E-state index in [0.29, 0.717) is 0 Å². The first-order chi connectivity index (χ1) is 27.3. The lowest BCUT2D eigenvalue weighted by molar-refractivity contribution is 0.670. The Morgan fingerprint density at radius 3 is 2.05 bits per heavy atom. The van der Waals surface area contributed by atoms with Gasteiger partial charge in [0.05, 0.1) is 11.0 Å². The summed E-state index contributed by atoms with van der Waals surface area (Å²) in [6, 6.07) is 65.7. The fourth-order valence-corrected chi connectivity index (χ4v) is 8.68. The van der Waals surface area contributed by atoms with Gasteiger partial charge in [-0.2, -0.15) is 0 Å². The van der Waals surface area contributed by atoms with Crippen molar-refractivity contribution in [2.24, 2.45) is 0 Å². The number of para-hydroxylation sites is 3. The van der Waals surface area contributed by atoms with Crippen molar-refractivity contribution in [3.8, 4) is 27.9 Å². The maximum atomic E-state index is 6.70. The van der Waals surface area contributed by atoms with Gasteiger partial charge in [-0.25, -0.2) is 0 Å². The summed E-state index contributed by atoms with van der Waals surface area (Å²) in [7, 11) is 0. The van der Waals surface area contributed by atoms with Gasteiger partial charge in [0.2, 0.25) is 0 Å². The Balaban J connectivity index is 1.10. The van der Waals surface area contributed by atoms with Crippen LogP contribution in [0.1, 0.15) is 17.5 Å². The van der Waals surface area contributed by atoms with Crippen LogP contribution in [0.5, 0.6) is 0 Å². The van der Waals surface area contributed by atoms with Crippen molar-refractivity contribution in [1.29, 1.82) is 0 Å². The number of hydrogen-bond acceptors (Lipinski definition) is 2. The van der Waals surface area contributed by atoms with Crippen LogP contribution in [0, 0.1) is 0 Å². The number of anilines is 3. The number of aromatic nitrogens is 1. The Morgan fingerprint density at radius 2 is 1.20 bits per heavy atom. The zero-order chi connectivity index (χ0) is 36.3. The average molecular weight is 705 g/mol. The van der Waals surface area contributed by atoms with Gasteiger partial charge in [-0.05, 0) is 107 Å².